The van der Waals surface area contributed by atoms with Gasteiger partial charge in [-0.05, 0) is 55.4 Å². The van der Waals surface area contributed by atoms with Gasteiger partial charge in [-0.25, -0.2) is 17.9 Å². The molecule has 9 nitrogen and oxygen atoms in total. The molecule has 0 fully saturated rings. The predicted octanol–water partition coefficient (Wildman–Crippen LogP) is 4.48. The van der Waals surface area contributed by atoms with Crippen molar-refractivity contribution in [3.8, 4) is 11.5 Å². The first-order valence-electron chi connectivity index (χ1n) is 11.2. The zero-order valence-electron chi connectivity index (χ0n) is 20.0. The number of ether oxygens (including phenoxy) is 1. The number of carbonyl (C=O) groups is 1. The quantitative estimate of drug-likeness (QED) is 0.346. The van der Waals surface area contributed by atoms with Gasteiger partial charge in [0, 0.05) is 37.9 Å². The molecule has 188 valence electrons. The Morgan fingerprint density at radius 2 is 1.97 bits per heavy atom. The molecule has 1 aromatic heterocycles. The first-order valence-corrected chi connectivity index (χ1v) is 12.7. The Morgan fingerprint density at radius 1 is 1.19 bits per heavy atom. The van der Waals surface area contributed by atoms with Gasteiger partial charge in [0.2, 0.25) is 10.0 Å². The molecule has 36 heavy (non-hydrogen) atoms. The van der Waals surface area contributed by atoms with Gasteiger partial charge in [0.1, 0.15) is 10.6 Å². The van der Waals surface area contributed by atoms with Crippen molar-refractivity contribution >= 4 is 27.9 Å². The standard InChI is InChI=1S/C26H28N4O5S/c1-3-12-28-14-8-15-30(19-20-9-7-13-29-18-20)23-16-21(26(31)32)17-24(36(33,34)27-2)25(23)35-22-10-5-4-6-11-22/h4-14,16-18,27H,3,15,19H2,1-2H3,(H,31,32)/b14-8+,28-12?. The van der Waals surface area contributed by atoms with Gasteiger partial charge >= 0.3 is 5.97 Å². The van der Waals surface area contributed by atoms with Crippen molar-refractivity contribution in [3.63, 3.8) is 0 Å². The third-order valence-electron chi connectivity index (χ3n) is 5.05. The molecule has 0 aliphatic heterocycles. The summed E-state index contributed by atoms with van der Waals surface area (Å²) in [6.45, 7) is 2.58. The highest BCUT2D eigenvalue weighted by Crippen LogP contribution is 2.40. The number of benzene rings is 2. The summed E-state index contributed by atoms with van der Waals surface area (Å²) in [7, 11) is -2.82. The molecule has 3 rings (SSSR count). The number of aromatic carboxylic acids is 1. The van der Waals surface area contributed by atoms with Crippen molar-refractivity contribution in [2.24, 2.45) is 4.99 Å². The summed E-state index contributed by atoms with van der Waals surface area (Å²) in [4.78, 5) is 21.9. The Bertz CT molecular complexity index is 1330. The summed E-state index contributed by atoms with van der Waals surface area (Å²) in [5.74, 6) is -0.854. The first-order chi connectivity index (χ1) is 17.4. The van der Waals surface area contributed by atoms with Crippen LogP contribution in [-0.2, 0) is 16.6 Å². The van der Waals surface area contributed by atoms with Gasteiger partial charge in [-0.3, -0.25) is 9.98 Å². The van der Waals surface area contributed by atoms with Gasteiger partial charge in [0.15, 0.2) is 5.75 Å². The number of sulfonamides is 1. The van der Waals surface area contributed by atoms with Crippen LogP contribution in [0.25, 0.3) is 0 Å². The molecule has 0 atom stereocenters. The number of aliphatic imine (C=N–C) groups is 1. The van der Waals surface area contributed by atoms with Crippen LogP contribution in [0.1, 0.15) is 29.3 Å². The Balaban J connectivity index is 2.23. The lowest BCUT2D eigenvalue weighted by atomic mass is 10.1. The highest BCUT2D eigenvalue weighted by atomic mass is 32.2. The zero-order valence-corrected chi connectivity index (χ0v) is 20.9. The van der Waals surface area contributed by atoms with Crippen LogP contribution in [-0.4, -0.2) is 44.3 Å². The number of nitrogens with one attached hydrogen (secondary N) is 1. The molecule has 3 aromatic rings. The Kier molecular flexibility index (Phi) is 9.32. The molecule has 0 aliphatic carbocycles. The van der Waals surface area contributed by atoms with E-state index < -0.39 is 16.0 Å². The van der Waals surface area contributed by atoms with Gasteiger partial charge in [-0.1, -0.05) is 31.2 Å². The van der Waals surface area contributed by atoms with E-state index in [2.05, 4.69) is 14.7 Å². The second-order valence-electron chi connectivity index (χ2n) is 7.62. The van der Waals surface area contributed by atoms with Crippen LogP contribution in [0.5, 0.6) is 11.5 Å². The Hall–Kier alpha value is -4.02. The average molecular weight is 509 g/mol. The minimum absolute atomic E-state index is 0.00917. The van der Waals surface area contributed by atoms with E-state index in [4.69, 9.17) is 4.74 Å². The largest absolute Gasteiger partial charge is 0.478 e. The van der Waals surface area contributed by atoms with E-state index >= 15 is 0 Å². The predicted molar refractivity (Wildman–Crippen MR) is 139 cm³/mol. The minimum atomic E-state index is -4.09. The third-order valence-corrected chi connectivity index (χ3v) is 6.47. The van der Waals surface area contributed by atoms with E-state index in [-0.39, 0.29) is 16.2 Å². The molecule has 0 amide bonds. The first kappa shape index (κ1) is 26.6. The molecule has 0 saturated heterocycles. The number of anilines is 1. The number of rotatable bonds is 12. The fourth-order valence-electron chi connectivity index (χ4n) is 3.33. The third kappa shape index (κ3) is 7.00. The maximum Gasteiger partial charge on any atom is 0.335 e. The van der Waals surface area contributed by atoms with E-state index in [0.717, 1.165) is 18.1 Å². The van der Waals surface area contributed by atoms with Crippen molar-refractivity contribution < 1.29 is 23.1 Å². The van der Waals surface area contributed by atoms with E-state index in [0.29, 0.717) is 24.5 Å². The number of nitrogens with zero attached hydrogens (tertiary/aromatic N) is 3. The van der Waals surface area contributed by atoms with Crippen molar-refractivity contribution in [2.45, 2.75) is 24.8 Å². The number of carboxylic acid groups (broad SMARTS) is 1. The van der Waals surface area contributed by atoms with Crippen LogP contribution < -0.4 is 14.4 Å². The molecule has 1 heterocycles. The van der Waals surface area contributed by atoms with Crippen LogP contribution in [0.15, 0.2) is 89.2 Å². The van der Waals surface area contributed by atoms with Crippen molar-refractivity contribution in [3.05, 3.63) is 90.4 Å². The molecule has 10 heteroatoms. The fraction of sp³-hybridized carbons (Fsp3) is 0.192. The lowest BCUT2D eigenvalue weighted by molar-refractivity contribution is 0.0696. The number of hydrogen-bond donors (Lipinski definition) is 2. The molecule has 2 aromatic carbocycles. The second-order valence-corrected chi connectivity index (χ2v) is 9.47. The van der Waals surface area contributed by atoms with Crippen LogP contribution in [0.2, 0.25) is 0 Å². The lowest BCUT2D eigenvalue weighted by Crippen LogP contribution is -2.26. The summed E-state index contributed by atoms with van der Waals surface area (Å²) in [6, 6.07) is 14.9. The second kappa shape index (κ2) is 12.6. The number of aromatic nitrogens is 1. The summed E-state index contributed by atoms with van der Waals surface area (Å²) in [5, 5.41) is 9.78. The van der Waals surface area contributed by atoms with Crippen molar-refractivity contribution in [2.75, 3.05) is 18.5 Å². The van der Waals surface area contributed by atoms with Crippen LogP contribution in [0.4, 0.5) is 5.69 Å². The monoisotopic (exact) mass is 508 g/mol. The maximum absolute atomic E-state index is 13.0. The van der Waals surface area contributed by atoms with Gasteiger partial charge in [0.05, 0.1) is 11.3 Å². The average Bonchev–Trinajstić information content (AvgIpc) is 2.89. The molecule has 0 aliphatic rings. The van der Waals surface area contributed by atoms with Gasteiger partial charge in [-0.2, -0.15) is 0 Å². The summed E-state index contributed by atoms with van der Waals surface area (Å²) in [6.07, 6.45) is 9.33. The lowest BCUT2D eigenvalue weighted by Gasteiger charge is -2.27. The van der Waals surface area contributed by atoms with Crippen LogP contribution in [0, 0.1) is 0 Å². The molecular formula is C26H28N4O5S. The van der Waals surface area contributed by atoms with E-state index in [1.807, 2.05) is 24.0 Å². The molecule has 2 N–H and O–H groups in total. The van der Waals surface area contributed by atoms with Crippen molar-refractivity contribution in [1.82, 2.24) is 9.71 Å². The van der Waals surface area contributed by atoms with Gasteiger partial charge in [-0.15, -0.1) is 0 Å². The smallest absolute Gasteiger partial charge is 0.335 e. The highest BCUT2D eigenvalue weighted by Gasteiger charge is 2.27. The SMILES string of the molecule is CCC=N/C=C/CN(Cc1cccnc1)c1cc(C(=O)O)cc(S(=O)(=O)NC)c1Oc1ccccc1. The van der Waals surface area contributed by atoms with E-state index in [9.17, 15) is 18.3 Å². The van der Waals surface area contributed by atoms with Gasteiger partial charge < -0.3 is 14.7 Å². The highest BCUT2D eigenvalue weighted by molar-refractivity contribution is 7.89. The number of pyridine rings is 1. The summed E-state index contributed by atoms with van der Waals surface area (Å²) in [5.41, 5.74) is 0.941. The topological polar surface area (TPSA) is 121 Å². The van der Waals surface area contributed by atoms with E-state index in [1.54, 1.807) is 61.2 Å². The minimum Gasteiger partial charge on any atom is -0.478 e. The number of carboxylic acids is 1. The Morgan fingerprint density at radius 3 is 2.61 bits per heavy atom. The van der Waals surface area contributed by atoms with Gasteiger partial charge in [0.25, 0.3) is 0 Å². The molecule has 0 bridgehead atoms. The van der Waals surface area contributed by atoms with E-state index in [1.165, 1.54) is 13.1 Å². The molecule has 0 spiro atoms. The normalized spacial score (nSPS) is 11.7. The van der Waals surface area contributed by atoms with Crippen LogP contribution >= 0.6 is 0 Å². The zero-order chi connectivity index (χ0) is 26.0. The summed E-state index contributed by atoms with van der Waals surface area (Å²) >= 11 is 0. The fourth-order valence-corrected chi connectivity index (χ4v) is 4.22. The molecule has 0 saturated carbocycles. The maximum atomic E-state index is 13.0. The summed E-state index contributed by atoms with van der Waals surface area (Å²) < 4.78 is 34.4. The number of para-hydroxylation sites is 1. The molecular weight excluding hydrogens is 480 g/mol. The molecule has 0 radical (unpaired) electrons. The van der Waals surface area contributed by atoms with Crippen LogP contribution in [0.3, 0.4) is 0 Å². The van der Waals surface area contributed by atoms with Crippen molar-refractivity contribution in [1.29, 1.82) is 0 Å². The Labute approximate surface area is 210 Å². The molecule has 0 unspecified atom stereocenters. The number of hydrogen-bond acceptors (Lipinski definition) is 7.